The fraction of sp³-hybridized carbons (Fsp3) is 0.0952. The molecule has 0 aliphatic rings. The van der Waals surface area contributed by atoms with Gasteiger partial charge in [-0.15, -0.1) is 0 Å². The minimum atomic E-state index is -0.887. The first-order valence-corrected chi connectivity index (χ1v) is 9.73. The van der Waals surface area contributed by atoms with Gasteiger partial charge < -0.3 is 9.15 Å². The molecule has 152 valence electrons. The zero-order chi connectivity index (χ0) is 21.3. The number of carbonyl (C=O) groups excluding carboxylic acids is 1. The number of nitrogens with zero attached hydrogens (tertiary/aromatic N) is 2. The second-order valence-electron chi connectivity index (χ2n) is 6.19. The second kappa shape index (κ2) is 8.11. The Morgan fingerprint density at radius 1 is 1.17 bits per heavy atom. The van der Waals surface area contributed by atoms with Gasteiger partial charge in [0.25, 0.3) is 5.56 Å². The average molecular weight is 428 g/mol. The molecular weight excluding hydrogens is 414 g/mol. The molecule has 0 bridgehead atoms. The third-order valence-electron chi connectivity index (χ3n) is 4.29. The number of benzene rings is 2. The second-order valence-corrected chi connectivity index (χ2v) is 7.14. The smallest absolute Gasteiger partial charge is 0.373 e. The molecule has 0 aliphatic carbocycles. The van der Waals surface area contributed by atoms with Gasteiger partial charge in [0.05, 0.1) is 29.5 Å². The molecule has 9 heteroatoms. The van der Waals surface area contributed by atoms with Crippen molar-refractivity contribution in [2.24, 2.45) is 0 Å². The first kappa shape index (κ1) is 19.8. The molecule has 0 radical (unpaired) electrons. The summed E-state index contributed by atoms with van der Waals surface area (Å²) < 4.78 is 39.0. The molecule has 0 unspecified atom stereocenters. The zero-order valence-corrected chi connectivity index (χ0v) is 16.4. The minimum Gasteiger partial charge on any atom is -0.463 e. The van der Waals surface area contributed by atoms with Crippen molar-refractivity contribution in [3.05, 3.63) is 88.1 Å². The average Bonchev–Trinajstić information content (AvgIpc) is 3.22. The molecule has 0 aliphatic heterocycles. The van der Waals surface area contributed by atoms with Gasteiger partial charge in [0.2, 0.25) is 5.76 Å². The molecule has 30 heavy (non-hydrogen) atoms. The Balaban J connectivity index is 1.79. The van der Waals surface area contributed by atoms with Crippen LogP contribution in [-0.4, -0.2) is 22.6 Å². The topological polar surface area (TPSA) is 74.3 Å². The maximum atomic E-state index is 14.5. The molecule has 0 amide bonds. The number of rotatable bonds is 5. The van der Waals surface area contributed by atoms with E-state index in [9.17, 15) is 18.4 Å². The Labute approximate surface area is 173 Å². The number of thioether (sulfide) groups is 1. The number of fused-ring (bicyclic) bond motifs is 1. The van der Waals surface area contributed by atoms with Crippen LogP contribution in [0.5, 0.6) is 0 Å². The standard InChI is InChI=1S/C21H14F2N2O4S/c1-28-20(27)18-9-7-13(29-18)11-30-21-24-16-5-3-2-4-14(16)19(26)25(21)17-8-6-12(22)10-15(17)23/h2-10H,11H2,1H3. The molecule has 0 fully saturated rings. The molecule has 4 aromatic rings. The van der Waals surface area contributed by atoms with Gasteiger partial charge in [-0.2, -0.15) is 0 Å². The van der Waals surface area contributed by atoms with E-state index in [-0.39, 0.29) is 22.4 Å². The quantitative estimate of drug-likeness (QED) is 0.268. The van der Waals surface area contributed by atoms with E-state index >= 15 is 0 Å². The third-order valence-corrected chi connectivity index (χ3v) is 5.25. The number of aromatic nitrogens is 2. The van der Waals surface area contributed by atoms with Crippen LogP contribution < -0.4 is 5.56 Å². The van der Waals surface area contributed by atoms with Crippen LogP contribution in [0.4, 0.5) is 8.78 Å². The van der Waals surface area contributed by atoms with Gasteiger partial charge in [0.1, 0.15) is 17.4 Å². The molecule has 4 rings (SSSR count). The summed E-state index contributed by atoms with van der Waals surface area (Å²) in [7, 11) is 1.24. The van der Waals surface area contributed by atoms with Crippen molar-refractivity contribution in [3.8, 4) is 5.69 Å². The summed E-state index contributed by atoms with van der Waals surface area (Å²) >= 11 is 1.12. The van der Waals surface area contributed by atoms with Crippen molar-refractivity contribution in [3.63, 3.8) is 0 Å². The summed E-state index contributed by atoms with van der Waals surface area (Å²) in [5, 5.41) is 0.497. The lowest BCUT2D eigenvalue weighted by Crippen LogP contribution is -2.22. The molecule has 0 spiro atoms. The van der Waals surface area contributed by atoms with Gasteiger partial charge in [-0.1, -0.05) is 23.9 Å². The molecule has 2 heterocycles. The summed E-state index contributed by atoms with van der Waals surface area (Å²) in [4.78, 5) is 29.1. The number of para-hydroxylation sites is 1. The Morgan fingerprint density at radius 2 is 1.97 bits per heavy atom. The van der Waals surface area contributed by atoms with Crippen LogP contribution in [0, 0.1) is 11.6 Å². The predicted molar refractivity (Wildman–Crippen MR) is 107 cm³/mol. The maximum Gasteiger partial charge on any atom is 0.373 e. The van der Waals surface area contributed by atoms with Gasteiger partial charge in [-0.3, -0.25) is 9.36 Å². The number of hydrogen-bond acceptors (Lipinski definition) is 6. The van der Waals surface area contributed by atoms with Crippen molar-refractivity contribution in [1.82, 2.24) is 9.55 Å². The van der Waals surface area contributed by atoms with E-state index < -0.39 is 23.2 Å². The lowest BCUT2D eigenvalue weighted by Gasteiger charge is -2.13. The largest absolute Gasteiger partial charge is 0.463 e. The van der Waals surface area contributed by atoms with Crippen molar-refractivity contribution in [1.29, 1.82) is 0 Å². The van der Waals surface area contributed by atoms with E-state index in [0.717, 1.165) is 22.4 Å². The van der Waals surface area contributed by atoms with Crippen molar-refractivity contribution < 1.29 is 22.7 Å². The Morgan fingerprint density at radius 3 is 2.73 bits per heavy atom. The fourth-order valence-electron chi connectivity index (χ4n) is 2.89. The van der Waals surface area contributed by atoms with Gasteiger partial charge in [0.15, 0.2) is 5.16 Å². The van der Waals surface area contributed by atoms with Gasteiger partial charge in [-0.25, -0.2) is 18.6 Å². The van der Waals surface area contributed by atoms with E-state index in [0.29, 0.717) is 22.7 Å². The monoisotopic (exact) mass is 428 g/mol. The number of esters is 1. The Kier molecular flexibility index (Phi) is 5.37. The van der Waals surface area contributed by atoms with Crippen LogP contribution in [-0.2, 0) is 10.5 Å². The van der Waals surface area contributed by atoms with E-state index in [1.165, 1.54) is 19.2 Å². The molecule has 6 nitrogen and oxygen atoms in total. The van der Waals surface area contributed by atoms with E-state index in [1.807, 2.05) is 0 Å². The lowest BCUT2D eigenvalue weighted by molar-refractivity contribution is 0.0563. The normalized spacial score (nSPS) is 11.0. The molecule has 0 N–H and O–H groups in total. The first-order chi connectivity index (χ1) is 14.5. The summed E-state index contributed by atoms with van der Waals surface area (Å²) in [6, 6.07) is 12.7. The van der Waals surface area contributed by atoms with Crippen LogP contribution in [0.1, 0.15) is 16.3 Å². The maximum absolute atomic E-state index is 14.5. The molecular formula is C21H14F2N2O4S. The molecule has 0 atom stereocenters. The number of methoxy groups -OCH3 is 1. The molecule has 2 aromatic carbocycles. The van der Waals surface area contributed by atoms with Crippen LogP contribution >= 0.6 is 11.8 Å². The minimum absolute atomic E-state index is 0.0431. The van der Waals surface area contributed by atoms with Gasteiger partial charge >= 0.3 is 5.97 Å². The number of carbonyl (C=O) groups is 1. The number of hydrogen-bond donors (Lipinski definition) is 0. The Hall–Kier alpha value is -3.46. The highest BCUT2D eigenvalue weighted by atomic mass is 32.2. The predicted octanol–water partition coefficient (Wildman–Crippen LogP) is 4.34. The lowest BCUT2D eigenvalue weighted by atomic mass is 10.2. The van der Waals surface area contributed by atoms with Crippen LogP contribution in [0.15, 0.2) is 69.0 Å². The number of ether oxygens (including phenoxy) is 1. The zero-order valence-electron chi connectivity index (χ0n) is 15.6. The van der Waals surface area contributed by atoms with Gasteiger partial charge in [0, 0.05) is 6.07 Å². The van der Waals surface area contributed by atoms with Crippen LogP contribution in [0.3, 0.4) is 0 Å². The van der Waals surface area contributed by atoms with Crippen molar-refractivity contribution >= 4 is 28.6 Å². The van der Waals surface area contributed by atoms with E-state index in [1.54, 1.807) is 30.3 Å². The molecule has 2 aromatic heterocycles. The highest BCUT2D eigenvalue weighted by molar-refractivity contribution is 7.98. The van der Waals surface area contributed by atoms with Crippen molar-refractivity contribution in [2.45, 2.75) is 10.9 Å². The van der Waals surface area contributed by atoms with Crippen LogP contribution in [0.25, 0.3) is 16.6 Å². The van der Waals surface area contributed by atoms with Gasteiger partial charge in [-0.05, 0) is 36.4 Å². The summed E-state index contributed by atoms with van der Waals surface area (Å²) in [6.45, 7) is 0. The molecule has 0 saturated carbocycles. The number of halogens is 2. The van der Waals surface area contributed by atoms with Crippen LogP contribution in [0.2, 0.25) is 0 Å². The van der Waals surface area contributed by atoms with E-state index in [2.05, 4.69) is 9.72 Å². The first-order valence-electron chi connectivity index (χ1n) is 8.75. The van der Waals surface area contributed by atoms with Crippen molar-refractivity contribution in [2.75, 3.05) is 7.11 Å². The third kappa shape index (κ3) is 3.71. The fourth-order valence-corrected chi connectivity index (χ4v) is 3.79. The summed E-state index contributed by atoms with van der Waals surface area (Å²) in [5.74, 6) is -1.55. The molecule has 0 saturated heterocycles. The highest BCUT2D eigenvalue weighted by Crippen LogP contribution is 2.26. The van der Waals surface area contributed by atoms with E-state index in [4.69, 9.17) is 4.42 Å². The summed E-state index contributed by atoms with van der Waals surface area (Å²) in [5.41, 5.74) is -0.154. The highest BCUT2D eigenvalue weighted by Gasteiger charge is 2.18. The SMILES string of the molecule is COC(=O)c1ccc(CSc2nc3ccccc3c(=O)n2-c2ccc(F)cc2F)o1. The Bertz CT molecular complexity index is 1320. The summed E-state index contributed by atoms with van der Waals surface area (Å²) in [6.07, 6.45) is 0. The number of furan rings is 1.